The molecule has 1 aromatic heterocycles. The quantitative estimate of drug-likeness (QED) is 0.168. The van der Waals surface area contributed by atoms with Crippen molar-refractivity contribution in [2.75, 3.05) is 0 Å². The number of hydrogen-bond acceptors (Lipinski definition) is 2. The highest BCUT2D eigenvalue weighted by Crippen LogP contribution is 2.64. The zero-order valence-electron chi connectivity index (χ0n) is 26.5. The monoisotopic (exact) mass is 624 g/mol. The average molecular weight is 625 g/mol. The van der Waals surface area contributed by atoms with Gasteiger partial charge < -0.3 is 0 Å². The Kier molecular flexibility index (Phi) is 4.60. The Bertz CT molecular complexity index is 2680. The minimum atomic E-state index is -0.612. The van der Waals surface area contributed by atoms with Gasteiger partial charge in [-0.15, -0.1) is 0 Å². The maximum Gasteiger partial charge on any atom is 0.264 e. The lowest BCUT2D eigenvalue weighted by atomic mass is 9.64. The largest absolute Gasteiger partial charge is 0.268 e. The maximum absolute atomic E-state index is 14.8. The third-order valence-corrected chi connectivity index (χ3v) is 12.3. The molecule has 0 radical (unpaired) electrons. The molecule has 3 heteroatoms. The first-order valence-electron chi connectivity index (χ1n) is 17.2. The van der Waals surface area contributed by atoms with Crippen LogP contribution in [-0.4, -0.2) is 15.5 Å². The summed E-state index contributed by atoms with van der Waals surface area (Å²) < 4.78 is 1.97. The van der Waals surface area contributed by atoms with Crippen molar-refractivity contribution in [3.63, 3.8) is 0 Å². The van der Waals surface area contributed by atoms with Crippen LogP contribution in [0.3, 0.4) is 0 Å². The topological polar surface area (TPSA) is 34.9 Å². The van der Waals surface area contributed by atoms with E-state index >= 15 is 0 Å². The first kappa shape index (κ1) is 26.0. The van der Waals surface area contributed by atoms with E-state index in [1.807, 2.05) is 16.7 Å². The van der Waals surface area contributed by atoms with Crippen molar-refractivity contribution in [3.8, 4) is 22.3 Å². The van der Waals surface area contributed by atoms with Gasteiger partial charge in [0, 0.05) is 17.4 Å². The zero-order valence-corrected chi connectivity index (χ0v) is 26.5. The minimum absolute atomic E-state index is 0.00695. The number of aromatic nitrogens is 2. The van der Waals surface area contributed by atoms with Gasteiger partial charge in [-0.1, -0.05) is 140 Å². The van der Waals surface area contributed by atoms with Gasteiger partial charge in [0.15, 0.2) is 0 Å². The SMILES string of the molecule is O=C1c2ccccc2C2(c3ccccc3C3C=CC=CC32)c2nc3cc4c(cc3n21)-c1ccccc1C41c2ccccc2-c2ccccc21. The number of carbonyl (C=O) groups excluding carboxylic acids is 1. The molecule has 49 heavy (non-hydrogen) atoms. The normalized spacial score (nSPS) is 22.0. The molecule has 0 fully saturated rings. The number of nitrogens with zero attached hydrogens (tertiary/aromatic N) is 2. The van der Waals surface area contributed by atoms with E-state index in [-0.39, 0.29) is 17.7 Å². The first-order valence-corrected chi connectivity index (χ1v) is 17.2. The third-order valence-electron chi connectivity index (χ3n) is 12.3. The Morgan fingerprint density at radius 2 is 1.08 bits per heavy atom. The molecule has 0 saturated heterocycles. The molecule has 3 atom stereocenters. The molecule has 3 nitrogen and oxygen atoms in total. The standard InChI is InChI=1S/C46H28N2O/c49-43-32-18-6-12-24-39(32)46(37-22-10-3-15-29(37)30-16-4-11-23-38(30)46)44-47-41-26-40-33(25-42(41)48(43)44)31-17-5-9-21-36(31)45(40)34-19-7-1-13-27(34)28-14-2-8-20-35(28)45/h1-26,29,37H. The second kappa shape index (κ2) is 8.69. The van der Waals surface area contributed by atoms with Gasteiger partial charge in [-0.25, -0.2) is 4.98 Å². The van der Waals surface area contributed by atoms with E-state index in [4.69, 9.17) is 4.98 Å². The smallest absolute Gasteiger partial charge is 0.264 e. The van der Waals surface area contributed by atoms with Crippen LogP contribution in [0.1, 0.15) is 61.0 Å². The van der Waals surface area contributed by atoms with E-state index in [1.165, 1.54) is 55.6 Å². The Hall–Kier alpha value is -6.06. The van der Waals surface area contributed by atoms with Crippen molar-refractivity contribution in [2.24, 2.45) is 5.92 Å². The molecule has 0 amide bonds. The Labute approximate surface area is 283 Å². The summed E-state index contributed by atoms with van der Waals surface area (Å²) in [6, 6.07) is 48.3. The van der Waals surface area contributed by atoms with Gasteiger partial charge in [0.05, 0.1) is 21.9 Å². The van der Waals surface area contributed by atoms with Crippen LogP contribution >= 0.6 is 0 Å². The minimum Gasteiger partial charge on any atom is -0.268 e. The van der Waals surface area contributed by atoms with Crippen LogP contribution in [-0.2, 0) is 10.8 Å². The van der Waals surface area contributed by atoms with Crippen molar-refractivity contribution in [2.45, 2.75) is 16.7 Å². The van der Waals surface area contributed by atoms with Gasteiger partial charge in [0.1, 0.15) is 5.82 Å². The summed E-state index contributed by atoms with van der Waals surface area (Å²) in [6.45, 7) is 0. The highest BCUT2D eigenvalue weighted by Gasteiger charge is 2.59. The molecule has 0 bridgehead atoms. The number of carbonyl (C=O) groups is 1. The Morgan fingerprint density at radius 3 is 1.78 bits per heavy atom. The summed E-state index contributed by atoms with van der Waals surface area (Å²) >= 11 is 0. The van der Waals surface area contributed by atoms with Crippen LogP contribution in [0.25, 0.3) is 33.3 Å². The van der Waals surface area contributed by atoms with Gasteiger partial charge >= 0.3 is 0 Å². The first-order chi connectivity index (χ1) is 24.2. The van der Waals surface area contributed by atoms with Crippen LogP contribution in [0, 0.1) is 5.92 Å². The highest BCUT2D eigenvalue weighted by molar-refractivity contribution is 6.07. The van der Waals surface area contributed by atoms with Gasteiger partial charge in [0.2, 0.25) is 0 Å². The van der Waals surface area contributed by atoms with Crippen molar-refractivity contribution in [3.05, 3.63) is 208 Å². The molecule has 2 heterocycles. The van der Waals surface area contributed by atoms with Gasteiger partial charge in [-0.3, -0.25) is 9.36 Å². The fraction of sp³-hybridized carbons (Fsp3) is 0.0870. The summed E-state index contributed by atoms with van der Waals surface area (Å²) in [5, 5.41) is 0. The third kappa shape index (κ3) is 2.75. The van der Waals surface area contributed by atoms with Crippen LogP contribution in [0.4, 0.5) is 0 Å². The van der Waals surface area contributed by atoms with E-state index in [0.717, 1.165) is 28.0 Å². The molecule has 4 aliphatic carbocycles. The molecule has 5 aliphatic rings. The van der Waals surface area contributed by atoms with Crippen LogP contribution in [0.15, 0.2) is 158 Å². The molecule has 3 unspecified atom stereocenters. The summed E-state index contributed by atoms with van der Waals surface area (Å²) in [6.07, 6.45) is 9.01. The molecule has 7 aromatic rings. The Balaban J connectivity index is 1.23. The maximum atomic E-state index is 14.8. The van der Waals surface area contributed by atoms with Crippen LogP contribution in [0.2, 0.25) is 0 Å². The fourth-order valence-electron chi connectivity index (χ4n) is 10.6. The second-order valence-corrected chi connectivity index (χ2v) is 14.1. The average Bonchev–Trinajstić information content (AvgIpc) is 3.86. The summed E-state index contributed by atoms with van der Waals surface area (Å²) in [4.78, 5) is 20.4. The second-order valence-electron chi connectivity index (χ2n) is 14.1. The molecule has 228 valence electrons. The van der Waals surface area contributed by atoms with E-state index in [1.54, 1.807) is 0 Å². The molecular formula is C46H28N2O. The number of fused-ring (bicyclic) bond motifs is 21. The number of imidazole rings is 1. The molecule has 6 aromatic carbocycles. The lowest BCUT2D eigenvalue weighted by Gasteiger charge is -2.41. The summed E-state index contributed by atoms with van der Waals surface area (Å²) in [5.74, 6) is 1.10. The lowest BCUT2D eigenvalue weighted by Crippen LogP contribution is -2.44. The number of hydrogen-bond donors (Lipinski definition) is 0. The lowest BCUT2D eigenvalue weighted by molar-refractivity contribution is 0.0945. The van der Waals surface area contributed by atoms with E-state index < -0.39 is 10.8 Å². The Morgan fingerprint density at radius 1 is 0.531 bits per heavy atom. The van der Waals surface area contributed by atoms with E-state index in [0.29, 0.717) is 0 Å². The van der Waals surface area contributed by atoms with Gasteiger partial charge in [-0.2, -0.15) is 0 Å². The van der Waals surface area contributed by atoms with Gasteiger partial charge in [0.25, 0.3) is 5.91 Å². The molecule has 0 saturated carbocycles. The fourth-order valence-corrected chi connectivity index (χ4v) is 10.6. The number of benzene rings is 6. The predicted molar refractivity (Wildman–Crippen MR) is 193 cm³/mol. The summed E-state index contributed by atoms with van der Waals surface area (Å²) in [5.41, 5.74) is 15.1. The number of rotatable bonds is 0. The van der Waals surface area contributed by atoms with Crippen molar-refractivity contribution >= 4 is 16.9 Å². The molecule has 2 spiro atoms. The summed E-state index contributed by atoms with van der Waals surface area (Å²) in [7, 11) is 0. The molecule has 0 N–H and O–H groups in total. The van der Waals surface area contributed by atoms with Crippen LogP contribution < -0.4 is 0 Å². The van der Waals surface area contributed by atoms with Crippen molar-refractivity contribution < 1.29 is 4.79 Å². The predicted octanol–water partition coefficient (Wildman–Crippen LogP) is 9.56. The van der Waals surface area contributed by atoms with Crippen molar-refractivity contribution in [1.29, 1.82) is 0 Å². The highest BCUT2D eigenvalue weighted by atomic mass is 16.2. The van der Waals surface area contributed by atoms with Gasteiger partial charge in [-0.05, 0) is 79.4 Å². The molecule has 12 rings (SSSR count). The number of allylic oxidation sites excluding steroid dienone is 4. The van der Waals surface area contributed by atoms with E-state index in [9.17, 15) is 4.79 Å². The van der Waals surface area contributed by atoms with Crippen molar-refractivity contribution in [1.82, 2.24) is 9.55 Å². The molecular weight excluding hydrogens is 597 g/mol. The van der Waals surface area contributed by atoms with E-state index in [2.05, 4.69) is 146 Å². The van der Waals surface area contributed by atoms with Crippen LogP contribution in [0.5, 0.6) is 0 Å². The zero-order chi connectivity index (χ0) is 32.1. The molecule has 1 aliphatic heterocycles.